The van der Waals surface area contributed by atoms with Gasteiger partial charge in [-0.15, -0.1) is 0 Å². The Morgan fingerprint density at radius 2 is 2.07 bits per heavy atom. The van der Waals surface area contributed by atoms with Crippen LogP contribution < -0.4 is 10.1 Å². The fraction of sp³-hybridized carbons (Fsp3) is 0.556. The molecule has 2 heterocycles. The highest BCUT2D eigenvalue weighted by molar-refractivity contribution is 7.89. The zero-order chi connectivity index (χ0) is 20.8. The number of halogens is 1. The highest BCUT2D eigenvalue weighted by Crippen LogP contribution is 2.34. The number of nitrogens with one attached hydrogen (secondary N) is 1. The van der Waals surface area contributed by atoms with Crippen molar-refractivity contribution in [2.75, 3.05) is 40.4 Å². The number of hydrogen-bond acceptors (Lipinski definition) is 7. The molecule has 1 saturated heterocycles. The van der Waals surface area contributed by atoms with Gasteiger partial charge >= 0.3 is 5.97 Å². The molecule has 1 fully saturated rings. The van der Waals surface area contributed by atoms with E-state index in [-0.39, 0.29) is 36.4 Å². The molecule has 1 aromatic rings. The van der Waals surface area contributed by atoms with Crippen molar-refractivity contribution in [3.8, 4) is 5.88 Å². The van der Waals surface area contributed by atoms with Crippen molar-refractivity contribution < 1.29 is 27.1 Å². The van der Waals surface area contributed by atoms with Gasteiger partial charge in [-0.2, -0.15) is 4.31 Å². The molecule has 1 aliphatic rings. The summed E-state index contributed by atoms with van der Waals surface area (Å²) in [7, 11) is -0.703. The van der Waals surface area contributed by atoms with Gasteiger partial charge in [0.05, 0.1) is 25.1 Å². The van der Waals surface area contributed by atoms with Gasteiger partial charge in [-0.1, -0.05) is 0 Å². The van der Waals surface area contributed by atoms with E-state index in [2.05, 4.69) is 10.3 Å². The SMILES string of the molecule is CNC/C(=C/F)COc1ccc(S(=O)(=O)N2CCC(C)(C(=O)OC)CC2)cn1. The molecule has 0 saturated carbocycles. The molecule has 1 aromatic heterocycles. The molecule has 156 valence electrons. The predicted molar refractivity (Wildman–Crippen MR) is 101 cm³/mol. The lowest BCUT2D eigenvalue weighted by Gasteiger charge is -2.36. The second-order valence-corrected chi connectivity index (χ2v) is 8.81. The second-order valence-electron chi connectivity index (χ2n) is 6.87. The fourth-order valence-electron chi connectivity index (χ4n) is 2.94. The van der Waals surface area contributed by atoms with E-state index in [9.17, 15) is 17.6 Å². The Morgan fingerprint density at radius 3 is 2.57 bits per heavy atom. The number of hydrogen-bond donors (Lipinski definition) is 1. The lowest BCUT2D eigenvalue weighted by Crippen LogP contribution is -2.45. The molecule has 0 amide bonds. The molecule has 0 aliphatic carbocycles. The summed E-state index contributed by atoms with van der Waals surface area (Å²) in [6.45, 7) is 2.57. The van der Waals surface area contributed by atoms with Gasteiger partial charge in [-0.25, -0.2) is 17.8 Å². The maximum atomic E-state index is 12.8. The molecule has 8 nitrogen and oxygen atoms in total. The number of methoxy groups -OCH3 is 1. The van der Waals surface area contributed by atoms with Crippen LogP contribution in [0.5, 0.6) is 5.88 Å². The highest BCUT2D eigenvalue weighted by atomic mass is 32.2. The van der Waals surface area contributed by atoms with E-state index in [0.717, 1.165) is 0 Å². The van der Waals surface area contributed by atoms with Gasteiger partial charge in [-0.3, -0.25) is 4.79 Å². The molecule has 1 N–H and O–H groups in total. The van der Waals surface area contributed by atoms with Gasteiger partial charge in [0.2, 0.25) is 15.9 Å². The molecule has 0 atom stereocenters. The van der Waals surface area contributed by atoms with Gasteiger partial charge in [0.15, 0.2) is 0 Å². The monoisotopic (exact) mass is 415 g/mol. The van der Waals surface area contributed by atoms with Gasteiger partial charge in [-0.05, 0) is 32.9 Å². The minimum Gasteiger partial charge on any atom is -0.473 e. The predicted octanol–water partition coefficient (Wildman–Crippen LogP) is 1.50. The Bertz CT molecular complexity index is 803. The maximum Gasteiger partial charge on any atom is 0.311 e. The summed E-state index contributed by atoms with van der Waals surface area (Å²) >= 11 is 0. The van der Waals surface area contributed by atoms with Crippen LogP contribution in [0.2, 0.25) is 0 Å². The van der Waals surface area contributed by atoms with E-state index in [1.54, 1.807) is 14.0 Å². The van der Waals surface area contributed by atoms with Gasteiger partial charge in [0.1, 0.15) is 11.5 Å². The van der Waals surface area contributed by atoms with Crippen LogP contribution in [0.25, 0.3) is 0 Å². The van der Waals surface area contributed by atoms with E-state index in [4.69, 9.17) is 9.47 Å². The summed E-state index contributed by atoms with van der Waals surface area (Å²) in [5.41, 5.74) is -0.269. The Kier molecular flexibility index (Phi) is 7.50. The van der Waals surface area contributed by atoms with Crippen LogP contribution in [0.3, 0.4) is 0 Å². The minimum absolute atomic E-state index is 0.00860. The van der Waals surface area contributed by atoms with Crippen molar-refractivity contribution in [1.29, 1.82) is 0 Å². The lowest BCUT2D eigenvalue weighted by atomic mass is 9.81. The maximum absolute atomic E-state index is 12.8. The van der Waals surface area contributed by atoms with Gasteiger partial charge in [0, 0.05) is 31.3 Å². The Balaban J connectivity index is 2.02. The smallest absolute Gasteiger partial charge is 0.311 e. The Hall–Kier alpha value is -2.04. The highest BCUT2D eigenvalue weighted by Gasteiger charge is 2.41. The zero-order valence-corrected chi connectivity index (χ0v) is 17.1. The molecule has 0 spiro atoms. The zero-order valence-electron chi connectivity index (χ0n) is 16.3. The summed E-state index contributed by atoms with van der Waals surface area (Å²) in [5.74, 6) is -0.126. The average molecular weight is 415 g/mol. The van der Waals surface area contributed by atoms with Crippen molar-refractivity contribution in [2.24, 2.45) is 5.41 Å². The van der Waals surface area contributed by atoms with E-state index < -0.39 is 15.4 Å². The molecular formula is C18H26FN3O5S. The first-order chi connectivity index (χ1) is 13.3. The molecule has 10 heteroatoms. The Labute approximate surface area is 164 Å². The summed E-state index contributed by atoms with van der Waals surface area (Å²) in [5, 5.41) is 2.81. The Morgan fingerprint density at radius 1 is 1.39 bits per heavy atom. The number of rotatable bonds is 8. The number of likely N-dealkylation sites (N-methyl/N-ethyl adjacent to an activating group) is 1. The lowest BCUT2D eigenvalue weighted by molar-refractivity contribution is -0.153. The second kappa shape index (κ2) is 9.44. The van der Waals surface area contributed by atoms with Crippen molar-refractivity contribution in [1.82, 2.24) is 14.6 Å². The van der Waals surface area contributed by atoms with E-state index >= 15 is 0 Å². The average Bonchev–Trinajstić information content (AvgIpc) is 2.71. The molecule has 2 rings (SSSR count). The molecule has 28 heavy (non-hydrogen) atoms. The third-order valence-corrected chi connectivity index (χ3v) is 6.70. The summed E-state index contributed by atoms with van der Waals surface area (Å²) in [4.78, 5) is 15.9. The molecule has 0 radical (unpaired) electrons. The van der Waals surface area contributed by atoms with E-state index in [1.165, 1.54) is 29.7 Å². The van der Waals surface area contributed by atoms with Crippen LogP contribution in [0.4, 0.5) is 4.39 Å². The topological polar surface area (TPSA) is 97.8 Å². The molecule has 1 aliphatic heterocycles. The molecule has 0 aromatic carbocycles. The van der Waals surface area contributed by atoms with Crippen molar-refractivity contribution in [3.05, 3.63) is 30.2 Å². The third-order valence-electron chi connectivity index (χ3n) is 4.81. The minimum atomic E-state index is -3.72. The number of esters is 1. The third kappa shape index (κ3) is 5.06. The van der Waals surface area contributed by atoms with Crippen molar-refractivity contribution in [2.45, 2.75) is 24.7 Å². The number of carbonyl (C=O) groups excluding carboxylic acids is 1. The quantitative estimate of drug-likeness (QED) is 0.643. The summed E-state index contributed by atoms with van der Waals surface area (Å²) in [6.07, 6.45) is 2.46. The van der Waals surface area contributed by atoms with Crippen LogP contribution in [0, 0.1) is 5.41 Å². The normalized spacial score (nSPS) is 17.9. The van der Waals surface area contributed by atoms with Crippen LogP contribution >= 0.6 is 0 Å². The van der Waals surface area contributed by atoms with Crippen molar-refractivity contribution >= 4 is 16.0 Å². The largest absolute Gasteiger partial charge is 0.473 e. The van der Waals surface area contributed by atoms with Gasteiger partial charge < -0.3 is 14.8 Å². The fourth-order valence-corrected chi connectivity index (χ4v) is 4.33. The molecule has 0 bridgehead atoms. The van der Waals surface area contributed by atoms with Crippen LogP contribution in [-0.4, -0.2) is 64.1 Å². The first-order valence-electron chi connectivity index (χ1n) is 8.87. The first kappa shape index (κ1) is 22.3. The van der Waals surface area contributed by atoms with Crippen LogP contribution in [-0.2, 0) is 19.6 Å². The van der Waals surface area contributed by atoms with E-state index in [0.29, 0.717) is 31.3 Å². The first-order valence-corrected chi connectivity index (χ1v) is 10.3. The van der Waals surface area contributed by atoms with Crippen LogP contribution in [0.1, 0.15) is 19.8 Å². The summed E-state index contributed by atoms with van der Waals surface area (Å²) < 4.78 is 49.8. The summed E-state index contributed by atoms with van der Waals surface area (Å²) in [6, 6.07) is 2.84. The number of ether oxygens (including phenoxy) is 2. The van der Waals surface area contributed by atoms with Crippen molar-refractivity contribution in [3.63, 3.8) is 0 Å². The number of pyridine rings is 1. The number of nitrogens with zero attached hydrogens (tertiary/aromatic N) is 2. The standard InChI is InChI=1S/C18H26FN3O5S/c1-18(17(23)26-3)6-8-22(9-7-18)28(24,25)15-4-5-16(21-12-15)27-13-14(10-19)11-20-2/h4-5,10,12,20H,6-9,11,13H2,1-3H3/b14-10-. The molecule has 0 unspecified atom stereocenters. The number of carbonyl (C=O) groups is 1. The number of sulfonamides is 1. The molecular weight excluding hydrogens is 389 g/mol. The number of piperidine rings is 1. The van der Waals surface area contributed by atoms with E-state index in [1.807, 2.05) is 0 Å². The van der Waals surface area contributed by atoms with Crippen LogP contribution in [0.15, 0.2) is 35.1 Å². The van der Waals surface area contributed by atoms with Gasteiger partial charge in [0.25, 0.3) is 0 Å². The number of aromatic nitrogens is 1.